The summed E-state index contributed by atoms with van der Waals surface area (Å²) in [6, 6.07) is 22.2. The summed E-state index contributed by atoms with van der Waals surface area (Å²) in [6.45, 7) is 0. The van der Waals surface area contributed by atoms with Crippen LogP contribution in [0.5, 0.6) is 0 Å². The highest BCUT2D eigenvalue weighted by Gasteiger charge is 2.31. The van der Waals surface area contributed by atoms with Crippen molar-refractivity contribution in [2.45, 2.75) is 12.3 Å². The fourth-order valence-electron chi connectivity index (χ4n) is 4.02. The van der Waals surface area contributed by atoms with Crippen LogP contribution in [0.2, 0.25) is 0 Å². The summed E-state index contributed by atoms with van der Waals surface area (Å²) >= 11 is 0. The first-order valence-corrected chi connectivity index (χ1v) is 7.91. The van der Waals surface area contributed by atoms with Gasteiger partial charge in [-0.05, 0) is 45.0 Å². The van der Waals surface area contributed by atoms with Gasteiger partial charge in [-0.25, -0.2) is 0 Å². The molecule has 22 heavy (non-hydrogen) atoms. The Morgan fingerprint density at radius 3 is 2.55 bits per heavy atom. The fraction of sp³-hybridized carbons (Fsp3) is 0.0909. The van der Waals surface area contributed by atoms with Gasteiger partial charge in [-0.1, -0.05) is 78.9 Å². The van der Waals surface area contributed by atoms with E-state index in [1.165, 1.54) is 38.6 Å². The number of allylic oxidation sites excluding steroid dienone is 4. The van der Waals surface area contributed by atoms with E-state index >= 15 is 0 Å². The molecule has 0 aliphatic heterocycles. The fourth-order valence-corrected chi connectivity index (χ4v) is 4.02. The van der Waals surface area contributed by atoms with Crippen LogP contribution in [0.3, 0.4) is 0 Å². The molecule has 0 N–H and O–H groups in total. The summed E-state index contributed by atoms with van der Waals surface area (Å²) in [5.74, 6) is 0.398. The van der Waals surface area contributed by atoms with Crippen molar-refractivity contribution in [3.05, 3.63) is 95.6 Å². The van der Waals surface area contributed by atoms with Gasteiger partial charge in [0.2, 0.25) is 0 Å². The molecule has 0 nitrogen and oxygen atoms in total. The van der Waals surface area contributed by atoms with Gasteiger partial charge in [0, 0.05) is 5.92 Å². The topological polar surface area (TPSA) is 0 Å². The van der Waals surface area contributed by atoms with Crippen LogP contribution in [0.15, 0.2) is 84.5 Å². The Balaban J connectivity index is 1.90. The molecule has 2 aliphatic carbocycles. The molecule has 104 valence electrons. The maximum Gasteiger partial charge on any atom is 0.0349 e. The molecule has 0 saturated carbocycles. The van der Waals surface area contributed by atoms with Crippen LogP contribution in [0.1, 0.15) is 23.5 Å². The zero-order valence-corrected chi connectivity index (χ0v) is 12.3. The summed E-state index contributed by atoms with van der Waals surface area (Å²) in [7, 11) is 0. The molecular formula is C22H16. The first kappa shape index (κ1) is 12.0. The zero-order chi connectivity index (χ0) is 14.5. The summed E-state index contributed by atoms with van der Waals surface area (Å²) in [5.41, 5.74) is 7.19. The number of benzene rings is 3. The van der Waals surface area contributed by atoms with Crippen molar-refractivity contribution in [3.63, 3.8) is 0 Å². The van der Waals surface area contributed by atoms with Crippen LogP contribution in [0.25, 0.3) is 21.9 Å². The molecule has 0 saturated heterocycles. The summed E-state index contributed by atoms with van der Waals surface area (Å²) in [6.07, 6.45) is 7.99. The molecule has 0 bridgehead atoms. The lowest BCUT2D eigenvalue weighted by molar-refractivity contribution is 1.02. The minimum atomic E-state index is 0.398. The molecule has 1 unspecified atom stereocenters. The predicted molar refractivity (Wildman–Crippen MR) is 93.1 cm³/mol. The average molecular weight is 280 g/mol. The van der Waals surface area contributed by atoms with Gasteiger partial charge >= 0.3 is 0 Å². The van der Waals surface area contributed by atoms with Crippen LogP contribution in [0, 0.1) is 0 Å². The van der Waals surface area contributed by atoms with Gasteiger partial charge in [-0.3, -0.25) is 0 Å². The van der Waals surface area contributed by atoms with E-state index in [-0.39, 0.29) is 0 Å². The van der Waals surface area contributed by atoms with Crippen molar-refractivity contribution >= 4 is 10.8 Å². The highest BCUT2D eigenvalue weighted by atomic mass is 14.3. The first-order chi connectivity index (χ1) is 10.9. The molecule has 0 fully saturated rings. The van der Waals surface area contributed by atoms with E-state index < -0.39 is 0 Å². The molecule has 0 heteroatoms. The van der Waals surface area contributed by atoms with Gasteiger partial charge in [-0.2, -0.15) is 0 Å². The van der Waals surface area contributed by atoms with Crippen LogP contribution >= 0.6 is 0 Å². The third-order valence-electron chi connectivity index (χ3n) is 4.95. The van der Waals surface area contributed by atoms with E-state index in [1.54, 1.807) is 0 Å². The molecule has 0 spiro atoms. The molecule has 0 heterocycles. The van der Waals surface area contributed by atoms with Crippen molar-refractivity contribution < 1.29 is 0 Å². The third kappa shape index (κ3) is 1.52. The lowest BCUT2D eigenvalue weighted by Crippen LogP contribution is -1.98. The highest BCUT2D eigenvalue weighted by Crippen LogP contribution is 2.51. The molecule has 0 radical (unpaired) electrons. The number of hydrogen-bond acceptors (Lipinski definition) is 0. The number of hydrogen-bond donors (Lipinski definition) is 0. The smallest absolute Gasteiger partial charge is 0.0349 e. The molecule has 1 atom stereocenters. The molecule has 5 rings (SSSR count). The van der Waals surface area contributed by atoms with E-state index in [1.807, 2.05) is 0 Å². The third-order valence-corrected chi connectivity index (χ3v) is 4.95. The van der Waals surface area contributed by atoms with E-state index in [4.69, 9.17) is 0 Å². The Morgan fingerprint density at radius 1 is 0.773 bits per heavy atom. The van der Waals surface area contributed by atoms with E-state index in [2.05, 4.69) is 78.9 Å². The Morgan fingerprint density at radius 2 is 1.64 bits per heavy atom. The van der Waals surface area contributed by atoms with Crippen molar-refractivity contribution in [2.75, 3.05) is 0 Å². The van der Waals surface area contributed by atoms with Crippen molar-refractivity contribution in [1.29, 1.82) is 0 Å². The normalized spacial score (nSPS) is 18.4. The number of rotatable bonds is 1. The largest absolute Gasteiger partial charge is 0.0804 e. The maximum atomic E-state index is 2.37. The Labute approximate surface area is 130 Å². The van der Waals surface area contributed by atoms with Gasteiger partial charge in [0.25, 0.3) is 0 Å². The van der Waals surface area contributed by atoms with E-state index in [0.717, 1.165) is 6.42 Å². The summed E-state index contributed by atoms with van der Waals surface area (Å²) < 4.78 is 0. The lowest BCUT2D eigenvalue weighted by atomic mass is 9.89. The van der Waals surface area contributed by atoms with Crippen LogP contribution in [-0.2, 0) is 0 Å². The molecule has 0 aromatic heterocycles. The van der Waals surface area contributed by atoms with Gasteiger partial charge in [0.1, 0.15) is 0 Å². The average Bonchev–Trinajstić information content (AvgIpc) is 3.20. The van der Waals surface area contributed by atoms with Gasteiger partial charge in [-0.15, -0.1) is 0 Å². The second-order valence-electron chi connectivity index (χ2n) is 6.11. The van der Waals surface area contributed by atoms with E-state index in [0.29, 0.717) is 5.92 Å². The summed E-state index contributed by atoms with van der Waals surface area (Å²) in [4.78, 5) is 0. The Kier molecular flexibility index (Phi) is 2.42. The quantitative estimate of drug-likeness (QED) is 0.525. The highest BCUT2D eigenvalue weighted by molar-refractivity contribution is 6.02. The first-order valence-electron chi connectivity index (χ1n) is 7.91. The molecule has 2 aliphatic rings. The van der Waals surface area contributed by atoms with Crippen molar-refractivity contribution in [2.24, 2.45) is 0 Å². The SMILES string of the molecule is C1=CC(C2c3ccccc3-c3c2ccc2ccccc32)=CC1. The van der Waals surface area contributed by atoms with E-state index in [9.17, 15) is 0 Å². The van der Waals surface area contributed by atoms with Crippen LogP contribution < -0.4 is 0 Å². The van der Waals surface area contributed by atoms with Crippen molar-refractivity contribution in [3.8, 4) is 11.1 Å². The van der Waals surface area contributed by atoms with Gasteiger partial charge < -0.3 is 0 Å². The molecule has 3 aromatic rings. The standard InChI is InChI=1S/C22H16/c1-2-9-16(8-1)21-18-11-5-6-12-19(18)22-17-10-4-3-7-15(17)13-14-20(21)22/h1,3-14,21H,2H2. The van der Waals surface area contributed by atoms with Gasteiger partial charge in [0.15, 0.2) is 0 Å². The lowest BCUT2D eigenvalue weighted by Gasteiger charge is -2.14. The molecule has 3 aromatic carbocycles. The second-order valence-corrected chi connectivity index (χ2v) is 6.11. The van der Waals surface area contributed by atoms with Crippen LogP contribution in [0.4, 0.5) is 0 Å². The maximum absolute atomic E-state index is 2.37. The summed E-state index contributed by atoms with van der Waals surface area (Å²) in [5, 5.41) is 2.70. The zero-order valence-electron chi connectivity index (χ0n) is 12.3. The molecular weight excluding hydrogens is 264 g/mol. The minimum Gasteiger partial charge on any atom is -0.0804 e. The van der Waals surface area contributed by atoms with Crippen LogP contribution in [-0.4, -0.2) is 0 Å². The van der Waals surface area contributed by atoms with Gasteiger partial charge in [0.05, 0.1) is 0 Å². The van der Waals surface area contributed by atoms with Crippen molar-refractivity contribution in [1.82, 2.24) is 0 Å². The second kappa shape index (κ2) is 4.45. The number of fused-ring (bicyclic) bond motifs is 5. The molecule has 0 amide bonds. The Bertz CT molecular complexity index is 957. The predicted octanol–water partition coefficient (Wildman–Crippen LogP) is 5.84. The Hall–Kier alpha value is -2.60. The monoisotopic (exact) mass is 280 g/mol. The minimum absolute atomic E-state index is 0.398.